The molecule has 3 aromatic rings. The first-order valence-corrected chi connectivity index (χ1v) is 10.6. The molecular formula is C23H21ClN4O4. The molecule has 1 aliphatic heterocycles. The largest absolute Gasteiger partial charge is 0.437 e. The minimum absolute atomic E-state index is 0.108. The molecule has 32 heavy (non-hydrogen) atoms. The molecule has 1 aliphatic rings. The maximum absolute atomic E-state index is 13.2. The Morgan fingerprint density at radius 2 is 1.88 bits per heavy atom. The van der Waals surface area contributed by atoms with Gasteiger partial charge < -0.3 is 10.1 Å². The lowest BCUT2D eigenvalue weighted by Crippen LogP contribution is -2.31. The van der Waals surface area contributed by atoms with Crippen LogP contribution >= 0.6 is 11.6 Å². The predicted molar refractivity (Wildman–Crippen MR) is 119 cm³/mol. The maximum atomic E-state index is 13.2. The number of anilines is 1. The Morgan fingerprint density at radius 1 is 1.09 bits per heavy atom. The molecule has 1 unspecified atom stereocenters. The van der Waals surface area contributed by atoms with E-state index in [0.717, 1.165) is 5.39 Å². The summed E-state index contributed by atoms with van der Waals surface area (Å²) in [5.41, 5.74) is 1.45. The molecule has 8 nitrogen and oxygen atoms in total. The second-order valence-electron chi connectivity index (χ2n) is 7.39. The Kier molecular flexibility index (Phi) is 6.32. The van der Waals surface area contributed by atoms with Crippen LogP contribution in [0.1, 0.15) is 48.3 Å². The van der Waals surface area contributed by atoms with Gasteiger partial charge in [-0.3, -0.25) is 19.3 Å². The molecule has 1 atom stereocenters. The number of hydrogen-bond acceptors (Lipinski definition) is 6. The summed E-state index contributed by atoms with van der Waals surface area (Å²) in [6.07, 6.45) is 0.448. The highest BCUT2D eigenvalue weighted by Gasteiger charge is 2.40. The molecule has 0 spiro atoms. The number of nitrogens with one attached hydrogen (secondary N) is 1. The van der Waals surface area contributed by atoms with E-state index in [2.05, 4.69) is 15.3 Å². The third-order valence-electron chi connectivity index (χ3n) is 5.09. The van der Waals surface area contributed by atoms with Gasteiger partial charge in [-0.1, -0.05) is 29.8 Å². The van der Waals surface area contributed by atoms with Gasteiger partial charge in [0.05, 0.1) is 0 Å². The predicted octanol–water partition coefficient (Wildman–Crippen LogP) is 3.79. The van der Waals surface area contributed by atoms with Crippen molar-refractivity contribution in [1.82, 2.24) is 15.3 Å². The molecule has 0 aliphatic carbocycles. The van der Waals surface area contributed by atoms with Gasteiger partial charge in [0.15, 0.2) is 5.65 Å². The summed E-state index contributed by atoms with van der Waals surface area (Å²) < 4.78 is 5.73. The normalized spacial score (nSPS) is 15.0. The monoisotopic (exact) mass is 452 g/mol. The number of esters is 1. The van der Waals surface area contributed by atoms with E-state index in [9.17, 15) is 14.4 Å². The topological polar surface area (TPSA) is 101 Å². The first-order valence-electron chi connectivity index (χ1n) is 10.2. The Balaban J connectivity index is 1.56. The third kappa shape index (κ3) is 4.55. The summed E-state index contributed by atoms with van der Waals surface area (Å²) in [5, 5.41) is 3.76. The van der Waals surface area contributed by atoms with E-state index < -0.39 is 12.2 Å². The summed E-state index contributed by atoms with van der Waals surface area (Å²) in [7, 11) is 0. The number of benzene rings is 1. The van der Waals surface area contributed by atoms with Crippen LogP contribution < -0.4 is 10.2 Å². The van der Waals surface area contributed by atoms with Crippen LogP contribution in [-0.4, -0.2) is 34.3 Å². The molecular weight excluding hydrogens is 432 g/mol. The second kappa shape index (κ2) is 9.32. The van der Waals surface area contributed by atoms with Crippen molar-refractivity contribution in [3.05, 3.63) is 64.8 Å². The smallest absolute Gasteiger partial charge is 0.307 e. The van der Waals surface area contributed by atoms with Crippen molar-refractivity contribution >= 4 is 46.2 Å². The van der Waals surface area contributed by atoms with Gasteiger partial charge >= 0.3 is 5.97 Å². The van der Waals surface area contributed by atoms with Crippen LogP contribution in [0, 0.1) is 0 Å². The number of unbranched alkanes of at least 4 members (excludes halogenated alkanes) is 1. The van der Waals surface area contributed by atoms with Crippen molar-refractivity contribution in [2.45, 2.75) is 32.4 Å². The van der Waals surface area contributed by atoms with E-state index >= 15 is 0 Å². The molecule has 1 aromatic carbocycles. The average molecular weight is 453 g/mol. The van der Waals surface area contributed by atoms with Crippen molar-refractivity contribution in [3.8, 4) is 0 Å². The molecule has 2 aromatic heterocycles. The number of rotatable bonds is 7. The molecule has 0 saturated heterocycles. The van der Waals surface area contributed by atoms with Gasteiger partial charge in [0.1, 0.15) is 11.0 Å². The maximum Gasteiger partial charge on any atom is 0.307 e. The minimum atomic E-state index is -0.925. The van der Waals surface area contributed by atoms with Crippen LogP contribution in [0.15, 0.2) is 48.5 Å². The van der Waals surface area contributed by atoms with Crippen LogP contribution in [0.5, 0.6) is 0 Å². The van der Waals surface area contributed by atoms with Crippen molar-refractivity contribution in [3.63, 3.8) is 0 Å². The van der Waals surface area contributed by atoms with Crippen molar-refractivity contribution in [2.24, 2.45) is 0 Å². The quantitative estimate of drug-likeness (QED) is 0.332. The number of aromatic nitrogens is 2. The molecule has 1 N–H and O–H groups in total. The summed E-state index contributed by atoms with van der Waals surface area (Å²) in [6.45, 7) is 1.94. The molecule has 3 heterocycles. The van der Waals surface area contributed by atoms with Gasteiger partial charge in [0, 0.05) is 36.4 Å². The first kappa shape index (κ1) is 21.7. The number of fused-ring (bicyclic) bond motifs is 2. The van der Waals surface area contributed by atoms with E-state index in [0.29, 0.717) is 47.1 Å². The van der Waals surface area contributed by atoms with Crippen LogP contribution in [0.4, 0.5) is 5.82 Å². The molecule has 2 amide bonds. The zero-order valence-corrected chi connectivity index (χ0v) is 18.1. The first-order chi connectivity index (χ1) is 15.4. The number of carbonyl (C=O) groups is 3. The highest BCUT2D eigenvalue weighted by Crippen LogP contribution is 2.38. The van der Waals surface area contributed by atoms with Gasteiger partial charge in [-0.15, -0.1) is 0 Å². The van der Waals surface area contributed by atoms with Gasteiger partial charge in [0.2, 0.25) is 12.1 Å². The standard InChI is InChI=1S/C23H21ClN4O4/c1-14(29)25-13-5-4-8-20(30)32-23-17-7-3-2-6-16(17)22(31)28(23)19-12-10-15-9-11-18(24)26-21(15)27-19/h2-3,6-7,9-12,23H,4-5,8,13H2,1H3,(H,25,29). The van der Waals surface area contributed by atoms with E-state index in [1.54, 1.807) is 48.5 Å². The van der Waals surface area contributed by atoms with Gasteiger partial charge in [-0.25, -0.2) is 9.97 Å². The number of carbonyl (C=O) groups excluding carboxylic acids is 3. The summed E-state index contributed by atoms with van der Waals surface area (Å²) in [5.74, 6) is -0.535. The van der Waals surface area contributed by atoms with Gasteiger partial charge in [0.25, 0.3) is 5.91 Å². The molecule has 4 rings (SSSR count). The molecule has 9 heteroatoms. The number of halogens is 1. The fourth-order valence-electron chi connectivity index (χ4n) is 3.56. The Bertz CT molecular complexity index is 1200. The van der Waals surface area contributed by atoms with Crippen LogP contribution in [0.3, 0.4) is 0 Å². The van der Waals surface area contributed by atoms with Crippen molar-refractivity contribution in [1.29, 1.82) is 0 Å². The SMILES string of the molecule is CC(=O)NCCCCC(=O)OC1c2ccccc2C(=O)N1c1ccc2ccc(Cl)nc2n1. The van der Waals surface area contributed by atoms with E-state index in [-0.39, 0.29) is 18.2 Å². The van der Waals surface area contributed by atoms with Crippen LogP contribution in [-0.2, 0) is 14.3 Å². The minimum Gasteiger partial charge on any atom is -0.437 e. The van der Waals surface area contributed by atoms with Crippen LogP contribution in [0.25, 0.3) is 11.0 Å². The van der Waals surface area contributed by atoms with E-state index in [1.165, 1.54) is 11.8 Å². The lowest BCUT2D eigenvalue weighted by molar-refractivity contribution is -0.149. The lowest BCUT2D eigenvalue weighted by atomic mass is 10.1. The summed E-state index contributed by atoms with van der Waals surface area (Å²) in [4.78, 5) is 46.7. The Morgan fingerprint density at radius 3 is 2.69 bits per heavy atom. The molecule has 0 radical (unpaired) electrons. The van der Waals surface area contributed by atoms with E-state index in [1.807, 2.05) is 0 Å². The Hall–Kier alpha value is -3.52. The zero-order valence-electron chi connectivity index (χ0n) is 17.4. The Labute approximate surface area is 189 Å². The van der Waals surface area contributed by atoms with Gasteiger partial charge in [-0.2, -0.15) is 0 Å². The number of pyridine rings is 2. The number of nitrogens with zero attached hydrogens (tertiary/aromatic N) is 3. The number of ether oxygens (including phenoxy) is 1. The lowest BCUT2D eigenvalue weighted by Gasteiger charge is -2.24. The van der Waals surface area contributed by atoms with Crippen molar-refractivity contribution in [2.75, 3.05) is 11.4 Å². The fraction of sp³-hybridized carbons (Fsp3) is 0.261. The number of hydrogen-bond donors (Lipinski definition) is 1. The summed E-state index contributed by atoms with van der Waals surface area (Å²) >= 11 is 5.99. The third-order valence-corrected chi connectivity index (χ3v) is 5.30. The highest BCUT2D eigenvalue weighted by molar-refractivity contribution is 6.29. The highest BCUT2D eigenvalue weighted by atomic mass is 35.5. The molecule has 0 saturated carbocycles. The number of amides is 2. The molecule has 0 bridgehead atoms. The fourth-order valence-corrected chi connectivity index (χ4v) is 3.71. The second-order valence-corrected chi connectivity index (χ2v) is 7.78. The summed E-state index contributed by atoms with van der Waals surface area (Å²) in [6, 6.07) is 13.9. The van der Waals surface area contributed by atoms with E-state index in [4.69, 9.17) is 16.3 Å². The van der Waals surface area contributed by atoms with Crippen LogP contribution in [0.2, 0.25) is 5.15 Å². The van der Waals surface area contributed by atoms with Crippen molar-refractivity contribution < 1.29 is 19.1 Å². The van der Waals surface area contributed by atoms with Gasteiger partial charge in [-0.05, 0) is 43.2 Å². The molecule has 164 valence electrons. The molecule has 0 fully saturated rings. The average Bonchev–Trinajstić information content (AvgIpc) is 3.04. The zero-order chi connectivity index (χ0) is 22.7.